The zero-order valence-corrected chi connectivity index (χ0v) is 18.5. The molecule has 2 aliphatic carbocycles. The minimum absolute atomic E-state index is 0.353. The Labute approximate surface area is 192 Å². The van der Waals surface area contributed by atoms with Crippen molar-refractivity contribution in [3.05, 3.63) is 35.8 Å². The lowest BCUT2D eigenvalue weighted by Gasteiger charge is -2.47. The summed E-state index contributed by atoms with van der Waals surface area (Å²) in [5.74, 6) is -3.99. The molecule has 1 spiro atoms. The summed E-state index contributed by atoms with van der Waals surface area (Å²) in [4.78, 5) is 27.6. The Hall–Kier alpha value is -2.80. The van der Waals surface area contributed by atoms with Gasteiger partial charge in [-0.15, -0.1) is 0 Å². The molecule has 0 aromatic carbocycles. The maximum Gasteiger partial charge on any atom is 0.407 e. The Morgan fingerprint density at radius 3 is 2.39 bits per heavy atom. The summed E-state index contributed by atoms with van der Waals surface area (Å²) < 4.78 is 27.7. The van der Waals surface area contributed by atoms with Crippen molar-refractivity contribution in [2.75, 3.05) is 13.1 Å². The summed E-state index contributed by atoms with van der Waals surface area (Å²) in [6.07, 6.45) is 7.86. The van der Waals surface area contributed by atoms with E-state index in [0.29, 0.717) is 23.8 Å². The number of nitrogens with one attached hydrogen (secondary N) is 2. The molecule has 1 aromatic rings. The second-order valence-corrected chi connectivity index (χ2v) is 9.46. The molecule has 2 heterocycles. The molecule has 4 rings (SSSR count). The van der Waals surface area contributed by atoms with Crippen LogP contribution in [0.1, 0.15) is 56.9 Å². The highest BCUT2D eigenvalue weighted by atomic mass is 19.3. The summed E-state index contributed by atoms with van der Waals surface area (Å²) in [6, 6.07) is 3.41. The number of nitrogens with zero attached hydrogens (tertiary/aromatic N) is 3. The Bertz CT molecular complexity index is 872. The molecule has 0 radical (unpaired) electrons. The minimum Gasteiger partial charge on any atom is -0.667 e. The highest BCUT2D eigenvalue weighted by Gasteiger charge is 2.45. The van der Waals surface area contributed by atoms with Crippen LogP contribution in [0.3, 0.4) is 0 Å². The smallest absolute Gasteiger partial charge is 0.407 e. The number of amides is 2. The van der Waals surface area contributed by atoms with Crippen molar-refractivity contribution in [3.8, 4) is 6.07 Å². The van der Waals surface area contributed by atoms with E-state index in [1.165, 1.54) is 37.7 Å². The number of halogens is 2. The number of alkyl halides is 2. The van der Waals surface area contributed by atoms with Crippen molar-refractivity contribution >= 4 is 12.0 Å². The number of nitriles is 1. The van der Waals surface area contributed by atoms with Gasteiger partial charge in [0.25, 0.3) is 5.92 Å². The molecule has 3 aliphatic rings. The van der Waals surface area contributed by atoms with Crippen LogP contribution in [0.2, 0.25) is 0 Å². The van der Waals surface area contributed by atoms with Gasteiger partial charge in [0.15, 0.2) is 0 Å². The van der Waals surface area contributed by atoms with Crippen molar-refractivity contribution in [2.24, 2.45) is 5.41 Å². The molecule has 1 atom stereocenters. The van der Waals surface area contributed by atoms with Gasteiger partial charge < -0.3 is 21.1 Å². The van der Waals surface area contributed by atoms with Crippen molar-refractivity contribution < 1.29 is 23.5 Å². The van der Waals surface area contributed by atoms with E-state index in [1.807, 2.05) is 6.07 Å². The predicted octanol–water partition coefficient (Wildman–Crippen LogP) is 4.17. The van der Waals surface area contributed by atoms with Gasteiger partial charge >= 0.3 is 6.09 Å². The summed E-state index contributed by atoms with van der Waals surface area (Å²) in [6.45, 7) is 1.52. The van der Waals surface area contributed by atoms with E-state index in [4.69, 9.17) is 16.1 Å². The topological polar surface area (TPSA) is 130 Å². The average molecular weight is 463 g/mol. The van der Waals surface area contributed by atoms with Crippen molar-refractivity contribution in [1.82, 2.24) is 15.2 Å². The van der Waals surface area contributed by atoms with E-state index >= 15 is 0 Å². The fourth-order valence-electron chi connectivity index (χ4n) is 4.33. The number of carboxylic acid groups (broad SMARTS) is 1. The van der Waals surface area contributed by atoms with Crippen LogP contribution in [0.25, 0.3) is 5.73 Å². The van der Waals surface area contributed by atoms with Gasteiger partial charge in [-0.1, -0.05) is 18.5 Å². The Morgan fingerprint density at radius 1 is 1.27 bits per heavy atom. The van der Waals surface area contributed by atoms with Crippen molar-refractivity contribution in [3.63, 3.8) is 0 Å². The molecule has 180 valence electrons. The molecule has 3 N–H and O–H groups in total. The quantitative estimate of drug-likeness (QED) is 0.655. The third-order valence-electron chi connectivity index (χ3n) is 6.84. The molecule has 0 unspecified atom stereocenters. The molecular weight excluding hydrogens is 432 g/mol. The van der Waals surface area contributed by atoms with E-state index in [0.717, 1.165) is 25.9 Å². The zero-order valence-electron chi connectivity index (χ0n) is 18.5. The van der Waals surface area contributed by atoms with Gasteiger partial charge in [0.05, 0.1) is 6.07 Å². The summed E-state index contributed by atoms with van der Waals surface area (Å²) in [5, 5.41) is 19.9. The largest absolute Gasteiger partial charge is 0.667 e. The maximum atomic E-state index is 13.9. The van der Waals surface area contributed by atoms with Crippen LogP contribution >= 0.6 is 0 Å². The molecular formula is C23H30F2N5O3-. The number of pyridine rings is 1. The van der Waals surface area contributed by atoms with Gasteiger partial charge in [-0.2, -0.15) is 5.26 Å². The predicted molar refractivity (Wildman–Crippen MR) is 116 cm³/mol. The SMILES string of the molecule is N#CC1(NC(=O)[C@@H]([NH-])CC(F)(F)Cc2cccnc2)CC1.O=C(O)N1CCC2(CCC2)CC1. The summed E-state index contributed by atoms with van der Waals surface area (Å²) in [5.41, 5.74) is 7.54. The van der Waals surface area contributed by atoms with E-state index in [9.17, 15) is 18.4 Å². The monoisotopic (exact) mass is 462 g/mol. The lowest BCUT2D eigenvalue weighted by Crippen LogP contribution is -2.45. The highest BCUT2D eigenvalue weighted by molar-refractivity contribution is 5.84. The standard InChI is InChI=1S/C14H15F2N4O.C9H15NO2/c15-14(16,6-10-2-1-5-19-8-10)7-11(18)12(21)20-13(9-17)3-4-13;11-8(12)10-6-4-9(5-7-10)2-1-3-9/h1-2,5,8,11,18H,3-4,6-7H2,(H,20,21);1-7H2,(H,11,12)/q-1;/t11-;/m0./s1. The zero-order chi connectivity index (χ0) is 24.1. The van der Waals surface area contributed by atoms with E-state index < -0.39 is 42.3 Å². The second kappa shape index (κ2) is 10.00. The third kappa shape index (κ3) is 6.84. The first-order valence-electron chi connectivity index (χ1n) is 11.3. The van der Waals surface area contributed by atoms with E-state index in [-0.39, 0.29) is 0 Å². The first-order chi connectivity index (χ1) is 15.6. The van der Waals surface area contributed by atoms with Gasteiger partial charge in [0.2, 0.25) is 5.91 Å². The molecule has 10 heteroatoms. The van der Waals surface area contributed by atoms with Gasteiger partial charge in [-0.05, 0) is 55.6 Å². The number of aromatic nitrogens is 1. The van der Waals surface area contributed by atoms with Crippen LogP contribution in [0.15, 0.2) is 24.5 Å². The van der Waals surface area contributed by atoms with Crippen molar-refractivity contribution in [1.29, 1.82) is 5.26 Å². The normalized spacial score (nSPS) is 21.0. The fraction of sp³-hybridized carbons (Fsp3) is 0.652. The van der Waals surface area contributed by atoms with Gasteiger partial charge in [-0.3, -0.25) is 9.78 Å². The first kappa shape index (κ1) is 24.8. The third-order valence-corrected chi connectivity index (χ3v) is 6.84. The Kier molecular flexibility index (Phi) is 7.52. The van der Waals surface area contributed by atoms with Crippen molar-refractivity contribution in [2.45, 2.75) is 75.3 Å². The second-order valence-electron chi connectivity index (χ2n) is 9.46. The number of carbonyl (C=O) groups excluding carboxylic acids is 1. The van der Waals surface area contributed by atoms with Crippen LogP contribution in [0, 0.1) is 16.7 Å². The highest BCUT2D eigenvalue weighted by Crippen LogP contribution is 2.48. The van der Waals surface area contributed by atoms with Crippen LogP contribution in [0.5, 0.6) is 0 Å². The lowest BCUT2D eigenvalue weighted by atomic mass is 9.63. The summed E-state index contributed by atoms with van der Waals surface area (Å²) >= 11 is 0. The van der Waals surface area contributed by atoms with Gasteiger partial charge in [0.1, 0.15) is 5.54 Å². The van der Waals surface area contributed by atoms with Crippen LogP contribution in [0.4, 0.5) is 13.6 Å². The fourth-order valence-corrected chi connectivity index (χ4v) is 4.33. The van der Waals surface area contributed by atoms with Gasteiger partial charge in [-0.25, -0.2) is 13.6 Å². The van der Waals surface area contributed by atoms with Crippen LogP contribution in [-0.4, -0.2) is 57.6 Å². The number of carbonyl (C=O) groups is 2. The average Bonchev–Trinajstić information content (AvgIpc) is 3.53. The molecule has 8 nitrogen and oxygen atoms in total. The van der Waals surface area contributed by atoms with E-state index in [1.54, 1.807) is 11.0 Å². The molecule has 2 amide bonds. The Morgan fingerprint density at radius 2 is 1.94 bits per heavy atom. The number of likely N-dealkylation sites (tertiary alicyclic amines) is 1. The maximum absolute atomic E-state index is 13.9. The van der Waals surface area contributed by atoms with Crippen LogP contribution < -0.4 is 5.32 Å². The minimum atomic E-state index is -3.17. The number of rotatable bonds is 6. The molecule has 2 saturated carbocycles. The number of piperidine rings is 1. The van der Waals surface area contributed by atoms with Crippen LogP contribution in [-0.2, 0) is 11.2 Å². The molecule has 1 aliphatic heterocycles. The molecule has 0 bridgehead atoms. The first-order valence-corrected chi connectivity index (χ1v) is 11.3. The van der Waals surface area contributed by atoms with Gasteiger partial charge in [0, 0.05) is 38.3 Å². The summed E-state index contributed by atoms with van der Waals surface area (Å²) in [7, 11) is 0. The molecule has 3 fully saturated rings. The molecule has 33 heavy (non-hydrogen) atoms. The lowest BCUT2D eigenvalue weighted by molar-refractivity contribution is -0.124. The van der Waals surface area contributed by atoms with E-state index in [2.05, 4.69) is 10.3 Å². The molecule has 1 saturated heterocycles. The number of hydrogen-bond donors (Lipinski definition) is 2. The Balaban J connectivity index is 0.000000215. The molecule has 1 aromatic heterocycles. The number of hydrogen-bond acceptors (Lipinski definition) is 4.